The molecule has 2 unspecified atom stereocenters. The fourth-order valence-corrected chi connectivity index (χ4v) is 3.78. The van der Waals surface area contributed by atoms with Gasteiger partial charge in [-0.05, 0) is 55.1 Å². The van der Waals surface area contributed by atoms with E-state index in [9.17, 15) is 10.2 Å². The van der Waals surface area contributed by atoms with Gasteiger partial charge < -0.3 is 19.7 Å². The largest absolute Gasteiger partial charge is 0.508 e. The number of para-hydroxylation sites is 1. The predicted octanol–water partition coefficient (Wildman–Crippen LogP) is 3.12. The molecular formula is C20H23NO4. The Kier molecular flexibility index (Phi) is 4.40. The van der Waals surface area contributed by atoms with Gasteiger partial charge in [0.25, 0.3) is 0 Å². The first-order valence-electron chi connectivity index (χ1n) is 8.82. The number of phenols is 2. The molecule has 132 valence electrons. The summed E-state index contributed by atoms with van der Waals surface area (Å²) in [6.07, 6.45) is 2.22. The molecule has 0 spiro atoms. The van der Waals surface area contributed by atoms with Crippen LogP contribution in [0.2, 0.25) is 0 Å². The van der Waals surface area contributed by atoms with Crippen molar-refractivity contribution in [2.75, 3.05) is 26.2 Å². The Morgan fingerprint density at radius 3 is 2.88 bits per heavy atom. The van der Waals surface area contributed by atoms with Crippen molar-refractivity contribution in [3.8, 4) is 23.0 Å². The van der Waals surface area contributed by atoms with Crippen LogP contribution in [0.3, 0.4) is 0 Å². The number of hydrogen-bond donors (Lipinski definition) is 2. The molecule has 0 amide bonds. The summed E-state index contributed by atoms with van der Waals surface area (Å²) in [7, 11) is 0. The molecule has 0 aromatic heterocycles. The molecule has 0 bridgehead atoms. The van der Waals surface area contributed by atoms with Crippen LogP contribution >= 0.6 is 0 Å². The maximum atomic E-state index is 9.81. The standard InChI is InChI=1S/C20H23NO4/c22-16-6-1-4-14(10-16)15-5-3-9-21(11-15)12-17-13-24-20-18(23)7-2-8-19(20)25-17/h1-2,4,6-8,10,15,17,22-23H,3,5,9,11-13H2. The molecule has 2 atom stereocenters. The average molecular weight is 341 g/mol. The van der Waals surface area contributed by atoms with E-state index < -0.39 is 0 Å². The van der Waals surface area contributed by atoms with Gasteiger partial charge in [0.05, 0.1) is 0 Å². The maximum Gasteiger partial charge on any atom is 0.203 e. The highest BCUT2D eigenvalue weighted by molar-refractivity contribution is 5.51. The van der Waals surface area contributed by atoms with E-state index >= 15 is 0 Å². The van der Waals surface area contributed by atoms with Gasteiger partial charge in [-0.1, -0.05) is 18.2 Å². The number of aromatic hydroxyl groups is 2. The Labute approximate surface area is 147 Å². The molecule has 0 radical (unpaired) electrons. The lowest BCUT2D eigenvalue weighted by atomic mass is 9.90. The Balaban J connectivity index is 1.40. The second kappa shape index (κ2) is 6.84. The van der Waals surface area contributed by atoms with E-state index in [4.69, 9.17) is 9.47 Å². The zero-order valence-corrected chi connectivity index (χ0v) is 14.1. The molecule has 5 heteroatoms. The lowest BCUT2D eigenvalue weighted by Gasteiger charge is -2.36. The van der Waals surface area contributed by atoms with E-state index in [-0.39, 0.29) is 11.9 Å². The average Bonchev–Trinajstić information content (AvgIpc) is 2.62. The number of benzene rings is 2. The van der Waals surface area contributed by atoms with E-state index in [2.05, 4.69) is 11.0 Å². The highest BCUT2D eigenvalue weighted by Gasteiger charge is 2.28. The number of fused-ring (bicyclic) bond motifs is 1. The summed E-state index contributed by atoms with van der Waals surface area (Å²) in [4.78, 5) is 2.40. The maximum absolute atomic E-state index is 9.81. The summed E-state index contributed by atoms with van der Waals surface area (Å²) in [5.74, 6) is 1.93. The van der Waals surface area contributed by atoms with Crippen molar-refractivity contribution < 1.29 is 19.7 Å². The quantitative estimate of drug-likeness (QED) is 0.898. The van der Waals surface area contributed by atoms with Gasteiger partial charge in [-0.2, -0.15) is 0 Å². The predicted molar refractivity (Wildman–Crippen MR) is 94.5 cm³/mol. The lowest BCUT2D eigenvalue weighted by molar-refractivity contribution is 0.0487. The molecular weight excluding hydrogens is 318 g/mol. The molecule has 2 aromatic rings. The molecule has 4 rings (SSSR count). The molecule has 1 fully saturated rings. The molecule has 2 aliphatic rings. The number of hydrogen-bond acceptors (Lipinski definition) is 5. The summed E-state index contributed by atoms with van der Waals surface area (Å²) in [6, 6.07) is 12.8. The molecule has 2 N–H and O–H groups in total. The number of nitrogens with zero attached hydrogens (tertiary/aromatic N) is 1. The summed E-state index contributed by atoms with van der Waals surface area (Å²) in [5, 5.41) is 19.5. The molecule has 0 aliphatic carbocycles. The van der Waals surface area contributed by atoms with Crippen LogP contribution < -0.4 is 9.47 Å². The van der Waals surface area contributed by atoms with Gasteiger partial charge in [-0.25, -0.2) is 0 Å². The van der Waals surface area contributed by atoms with Crippen molar-refractivity contribution in [2.45, 2.75) is 24.9 Å². The van der Waals surface area contributed by atoms with Crippen LogP contribution in [0.15, 0.2) is 42.5 Å². The number of ether oxygens (including phenoxy) is 2. The monoisotopic (exact) mass is 341 g/mol. The number of piperidine rings is 1. The van der Waals surface area contributed by atoms with E-state index in [1.165, 1.54) is 5.56 Å². The van der Waals surface area contributed by atoms with Crippen molar-refractivity contribution in [3.63, 3.8) is 0 Å². The molecule has 0 saturated carbocycles. The van der Waals surface area contributed by atoms with Gasteiger partial charge in [0.15, 0.2) is 11.5 Å². The van der Waals surface area contributed by atoms with Crippen LogP contribution in [0.25, 0.3) is 0 Å². The minimum Gasteiger partial charge on any atom is -0.508 e. The molecule has 5 nitrogen and oxygen atoms in total. The van der Waals surface area contributed by atoms with Crippen molar-refractivity contribution in [1.82, 2.24) is 4.90 Å². The van der Waals surface area contributed by atoms with Gasteiger partial charge in [0.1, 0.15) is 18.5 Å². The zero-order valence-electron chi connectivity index (χ0n) is 14.1. The first kappa shape index (κ1) is 16.1. The summed E-state index contributed by atoms with van der Waals surface area (Å²) >= 11 is 0. The SMILES string of the molecule is Oc1cccc(C2CCCN(CC3COc4c(O)cccc4O3)C2)c1. The third-order valence-electron chi connectivity index (χ3n) is 4.97. The van der Waals surface area contributed by atoms with E-state index in [0.29, 0.717) is 29.8 Å². The third kappa shape index (κ3) is 3.51. The van der Waals surface area contributed by atoms with E-state index in [1.54, 1.807) is 18.2 Å². The van der Waals surface area contributed by atoms with Gasteiger partial charge in [0.2, 0.25) is 5.75 Å². The van der Waals surface area contributed by atoms with Crippen LogP contribution in [0.1, 0.15) is 24.3 Å². The van der Waals surface area contributed by atoms with Gasteiger partial charge in [-0.15, -0.1) is 0 Å². The van der Waals surface area contributed by atoms with Gasteiger partial charge >= 0.3 is 0 Å². The van der Waals surface area contributed by atoms with Crippen LogP contribution in [-0.4, -0.2) is 47.5 Å². The summed E-state index contributed by atoms with van der Waals surface area (Å²) < 4.78 is 11.7. The fraction of sp³-hybridized carbons (Fsp3) is 0.400. The second-order valence-corrected chi connectivity index (χ2v) is 6.85. The molecule has 2 aromatic carbocycles. The Bertz CT molecular complexity index is 748. The van der Waals surface area contributed by atoms with Gasteiger partial charge in [0, 0.05) is 13.1 Å². The topological polar surface area (TPSA) is 62.2 Å². The second-order valence-electron chi connectivity index (χ2n) is 6.85. The smallest absolute Gasteiger partial charge is 0.203 e. The third-order valence-corrected chi connectivity index (χ3v) is 4.97. The minimum absolute atomic E-state index is 0.0442. The van der Waals surface area contributed by atoms with E-state index in [0.717, 1.165) is 32.5 Å². The number of rotatable bonds is 3. The lowest BCUT2D eigenvalue weighted by Crippen LogP contribution is -2.44. The Morgan fingerprint density at radius 2 is 2.00 bits per heavy atom. The number of likely N-dealkylation sites (tertiary alicyclic amines) is 1. The highest BCUT2D eigenvalue weighted by atomic mass is 16.6. The van der Waals surface area contributed by atoms with Crippen LogP contribution in [-0.2, 0) is 0 Å². The first-order chi connectivity index (χ1) is 12.2. The highest BCUT2D eigenvalue weighted by Crippen LogP contribution is 2.39. The summed E-state index contributed by atoms with van der Waals surface area (Å²) in [6.45, 7) is 3.24. The van der Waals surface area contributed by atoms with Crippen LogP contribution in [0, 0.1) is 0 Å². The van der Waals surface area contributed by atoms with Crippen LogP contribution in [0.4, 0.5) is 0 Å². The zero-order chi connectivity index (χ0) is 17.2. The molecule has 2 heterocycles. The van der Waals surface area contributed by atoms with Crippen molar-refractivity contribution >= 4 is 0 Å². The Morgan fingerprint density at radius 1 is 1.12 bits per heavy atom. The van der Waals surface area contributed by atoms with Gasteiger partial charge in [-0.3, -0.25) is 4.90 Å². The fourth-order valence-electron chi connectivity index (χ4n) is 3.78. The number of phenolic OH excluding ortho intramolecular Hbond substituents is 2. The van der Waals surface area contributed by atoms with E-state index in [1.807, 2.05) is 18.2 Å². The minimum atomic E-state index is -0.0442. The summed E-state index contributed by atoms with van der Waals surface area (Å²) in [5.41, 5.74) is 1.20. The van der Waals surface area contributed by atoms with Crippen molar-refractivity contribution in [1.29, 1.82) is 0 Å². The van der Waals surface area contributed by atoms with Crippen molar-refractivity contribution in [3.05, 3.63) is 48.0 Å². The molecule has 25 heavy (non-hydrogen) atoms. The molecule has 2 aliphatic heterocycles. The van der Waals surface area contributed by atoms with Crippen LogP contribution in [0.5, 0.6) is 23.0 Å². The van der Waals surface area contributed by atoms with Crippen molar-refractivity contribution in [2.24, 2.45) is 0 Å². The Hall–Kier alpha value is -2.40. The normalized spacial score (nSPS) is 23.4. The first-order valence-corrected chi connectivity index (χ1v) is 8.82. The molecule has 1 saturated heterocycles.